The third kappa shape index (κ3) is 2.16. The molecule has 4 rings (SSSR count). The van der Waals surface area contributed by atoms with Crippen molar-refractivity contribution < 1.29 is 4.39 Å². The molecule has 22 heavy (non-hydrogen) atoms. The average molecular weight is 312 g/mol. The number of aromatic amines is 1. The van der Waals surface area contributed by atoms with E-state index in [1.165, 1.54) is 12.1 Å². The second-order valence-electron chi connectivity index (χ2n) is 5.08. The van der Waals surface area contributed by atoms with Crippen molar-refractivity contribution in [1.82, 2.24) is 19.6 Å². The van der Waals surface area contributed by atoms with Gasteiger partial charge in [-0.3, -0.25) is 4.40 Å². The van der Waals surface area contributed by atoms with Gasteiger partial charge in [-0.05, 0) is 36.8 Å². The van der Waals surface area contributed by atoms with Crippen LogP contribution in [0.4, 0.5) is 4.39 Å². The third-order valence-electron chi connectivity index (χ3n) is 3.63. The molecule has 110 valence electrons. The Morgan fingerprint density at radius 1 is 1.14 bits per heavy atom. The van der Waals surface area contributed by atoms with Crippen LogP contribution in [0, 0.1) is 5.82 Å². The van der Waals surface area contributed by atoms with E-state index >= 15 is 0 Å². The van der Waals surface area contributed by atoms with Gasteiger partial charge in [0.05, 0.1) is 11.0 Å². The Labute approximate surface area is 130 Å². The SMILES string of the molecule is CC(Sc1n[nH]c2nc3ccccc3n12)c1ccc(F)cc1. The zero-order valence-electron chi connectivity index (χ0n) is 11.8. The summed E-state index contributed by atoms with van der Waals surface area (Å²) in [7, 11) is 0. The van der Waals surface area contributed by atoms with Crippen LogP contribution in [-0.4, -0.2) is 19.6 Å². The van der Waals surface area contributed by atoms with Crippen molar-refractivity contribution in [2.24, 2.45) is 0 Å². The highest BCUT2D eigenvalue weighted by Crippen LogP contribution is 2.34. The maximum absolute atomic E-state index is 13.0. The topological polar surface area (TPSA) is 46.0 Å². The minimum Gasteiger partial charge on any atom is -0.254 e. The molecule has 4 aromatic rings. The Morgan fingerprint density at radius 3 is 2.73 bits per heavy atom. The van der Waals surface area contributed by atoms with Crippen LogP contribution in [0.2, 0.25) is 0 Å². The Bertz CT molecular complexity index is 942. The number of fused-ring (bicyclic) bond motifs is 3. The van der Waals surface area contributed by atoms with Crippen molar-refractivity contribution in [1.29, 1.82) is 0 Å². The molecule has 0 amide bonds. The standard InChI is InChI=1S/C16H13FN4S/c1-10(11-6-8-12(17)9-7-11)22-16-20-19-15-18-13-4-2-3-5-14(13)21(15)16/h2-10H,1H3,(H,18,19). The number of para-hydroxylation sites is 2. The zero-order valence-corrected chi connectivity index (χ0v) is 12.6. The molecule has 2 aromatic carbocycles. The molecule has 0 radical (unpaired) electrons. The molecule has 0 fully saturated rings. The van der Waals surface area contributed by atoms with Crippen molar-refractivity contribution in [3.05, 3.63) is 59.9 Å². The first kappa shape index (κ1) is 13.3. The number of H-pyrrole nitrogens is 1. The highest BCUT2D eigenvalue weighted by atomic mass is 32.2. The molecule has 0 aliphatic carbocycles. The minimum absolute atomic E-state index is 0.160. The lowest BCUT2D eigenvalue weighted by Crippen LogP contribution is -1.92. The van der Waals surface area contributed by atoms with Crippen LogP contribution in [-0.2, 0) is 0 Å². The van der Waals surface area contributed by atoms with E-state index < -0.39 is 0 Å². The molecule has 6 heteroatoms. The average Bonchev–Trinajstić information content (AvgIpc) is 3.08. The van der Waals surface area contributed by atoms with Crippen LogP contribution in [0.25, 0.3) is 16.8 Å². The number of thioether (sulfide) groups is 1. The predicted molar refractivity (Wildman–Crippen MR) is 85.5 cm³/mol. The van der Waals surface area contributed by atoms with Gasteiger partial charge in [-0.1, -0.05) is 36.0 Å². The van der Waals surface area contributed by atoms with E-state index in [0.717, 1.165) is 27.5 Å². The van der Waals surface area contributed by atoms with Gasteiger partial charge in [0.2, 0.25) is 5.78 Å². The number of aromatic nitrogens is 4. The van der Waals surface area contributed by atoms with Crippen molar-refractivity contribution >= 4 is 28.6 Å². The minimum atomic E-state index is -0.219. The fourth-order valence-electron chi connectivity index (χ4n) is 2.48. The molecule has 2 heterocycles. The number of halogens is 1. The van der Waals surface area contributed by atoms with Gasteiger partial charge in [0.15, 0.2) is 5.16 Å². The smallest absolute Gasteiger partial charge is 0.231 e. The lowest BCUT2D eigenvalue weighted by atomic mass is 10.2. The van der Waals surface area contributed by atoms with Gasteiger partial charge < -0.3 is 0 Å². The summed E-state index contributed by atoms with van der Waals surface area (Å²) in [6, 6.07) is 14.5. The van der Waals surface area contributed by atoms with Crippen LogP contribution >= 0.6 is 11.8 Å². The quantitative estimate of drug-likeness (QED) is 0.577. The number of hydrogen-bond acceptors (Lipinski definition) is 3. The molecule has 0 saturated carbocycles. The summed E-state index contributed by atoms with van der Waals surface area (Å²) in [5.74, 6) is 0.513. The lowest BCUT2D eigenvalue weighted by Gasteiger charge is -2.09. The molecule has 4 nitrogen and oxygen atoms in total. The molecule has 0 spiro atoms. The molecule has 1 atom stereocenters. The summed E-state index contributed by atoms with van der Waals surface area (Å²) in [6.45, 7) is 2.08. The van der Waals surface area contributed by atoms with Crippen molar-refractivity contribution in [2.45, 2.75) is 17.3 Å². The Morgan fingerprint density at radius 2 is 1.91 bits per heavy atom. The second-order valence-corrected chi connectivity index (χ2v) is 6.39. The summed E-state index contributed by atoms with van der Waals surface area (Å²) >= 11 is 1.62. The first-order valence-electron chi connectivity index (χ1n) is 6.96. The molecule has 1 unspecified atom stereocenters. The molecule has 0 aliphatic rings. The van der Waals surface area contributed by atoms with Crippen molar-refractivity contribution in [3.63, 3.8) is 0 Å². The second kappa shape index (κ2) is 5.14. The lowest BCUT2D eigenvalue weighted by molar-refractivity contribution is 0.627. The van der Waals surface area contributed by atoms with Gasteiger partial charge in [0.1, 0.15) is 5.82 Å². The largest absolute Gasteiger partial charge is 0.254 e. The van der Waals surface area contributed by atoms with E-state index in [1.807, 2.05) is 40.8 Å². The van der Waals surface area contributed by atoms with E-state index in [2.05, 4.69) is 22.1 Å². The van der Waals surface area contributed by atoms with Crippen LogP contribution < -0.4 is 0 Å². The summed E-state index contributed by atoms with van der Waals surface area (Å²) in [5.41, 5.74) is 3.03. The maximum Gasteiger partial charge on any atom is 0.231 e. The normalized spacial score (nSPS) is 13.0. The number of nitrogens with zero attached hydrogens (tertiary/aromatic N) is 3. The van der Waals surface area contributed by atoms with Crippen molar-refractivity contribution in [2.75, 3.05) is 0 Å². The van der Waals surface area contributed by atoms with E-state index in [0.29, 0.717) is 0 Å². The van der Waals surface area contributed by atoms with E-state index in [4.69, 9.17) is 0 Å². The first-order chi connectivity index (χ1) is 10.7. The van der Waals surface area contributed by atoms with Gasteiger partial charge in [-0.25, -0.2) is 14.5 Å². The molecule has 1 N–H and O–H groups in total. The molecule has 0 saturated heterocycles. The van der Waals surface area contributed by atoms with Gasteiger partial charge in [0.25, 0.3) is 0 Å². The van der Waals surface area contributed by atoms with Gasteiger partial charge in [-0.15, -0.1) is 5.10 Å². The van der Waals surface area contributed by atoms with Gasteiger partial charge in [0, 0.05) is 5.25 Å². The number of hydrogen-bond donors (Lipinski definition) is 1. The number of rotatable bonds is 3. The molecule has 2 aromatic heterocycles. The Hall–Kier alpha value is -2.34. The fourth-order valence-corrected chi connectivity index (χ4v) is 3.48. The predicted octanol–water partition coefficient (Wildman–Crippen LogP) is 4.20. The van der Waals surface area contributed by atoms with Crippen LogP contribution in [0.15, 0.2) is 53.7 Å². The zero-order chi connectivity index (χ0) is 15.1. The summed E-state index contributed by atoms with van der Waals surface area (Å²) in [4.78, 5) is 4.51. The van der Waals surface area contributed by atoms with Crippen LogP contribution in [0.1, 0.15) is 17.7 Å². The van der Waals surface area contributed by atoms with Gasteiger partial charge >= 0.3 is 0 Å². The molecular formula is C16H13FN4S. The summed E-state index contributed by atoms with van der Waals surface area (Å²) < 4.78 is 15.0. The number of nitrogens with one attached hydrogen (secondary N) is 1. The molecular weight excluding hydrogens is 299 g/mol. The Kier molecular flexibility index (Phi) is 3.11. The fraction of sp³-hybridized carbons (Fsp3) is 0.125. The van der Waals surface area contributed by atoms with E-state index in [-0.39, 0.29) is 11.1 Å². The third-order valence-corrected chi connectivity index (χ3v) is 4.74. The van der Waals surface area contributed by atoms with Crippen LogP contribution in [0.3, 0.4) is 0 Å². The van der Waals surface area contributed by atoms with E-state index in [1.54, 1.807) is 11.8 Å². The summed E-state index contributed by atoms with van der Waals surface area (Å²) in [6.07, 6.45) is 0. The number of benzene rings is 2. The number of imidazole rings is 1. The molecule has 0 bridgehead atoms. The molecule has 0 aliphatic heterocycles. The Balaban J connectivity index is 1.73. The van der Waals surface area contributed by atoms with Gasteiger partial charge in [-0.2, -0.15) is 0 Å². The van der Waals surface area contributed by atoms with E-state index in [9.17, 15) is 4.39 Å². The summed E-state index contributed by atoms with van der Waals surface area (Å²) in [5, 5.41) is 8.33. The van der Waals surface area contributed by atoms with Crippen molar-refractivity contribution in [3.8, 4) is 0 Å². The van der Waals surface area contributed by atoms with Crippen LogP contribution in [0.5, 0.6) is 0 Å². The highest BCUT2D eigenvalue weighted by molar-refractivity contribution is 7.99. The maximum atomic E-state index is 13.0. The highest BCUT2D eigenvalue weighted by Gasteiger charge is 2.15. The first-order valence-corrected chi connectivity index (χ1v) is 7.84. The monoisotopic (exact) mass is 312 g/mol.